The first kappa shape index (κ1) is 6.80. The van der Waals surface area contributed by atoms with E-state index in [2.05, 4.69) is 0 Å². The van der Waals surface area contributed by atoms with Crippen LogP contribution in [0.3, 0.4) is 0 Å². The van der Waals surface area contributed by atoms with Crippen LogP contribution in [0.5, 0.6) is 0 Å². The molecule has 0 heterocycles. The van der Waals surface area contributed by atoms with Gasteiger partial charge < -0.3 is 0 Å². The van der Waals surface area contributed by atoms with Crippen molar-refractivity contribution in [2.45, 2.75) is 18.6 Å². The molecule has 1 nitrogen and oxygen atoms in total. The third kappa shape index (κ3) is 0.942. The lowest BCUT2D eigenvalue weighted by Crippen LogP contribution is -2.07. The topological polar surface area (TPSA) is 23.8 Å². The van der Waals surface area contributed by atoms with Crippen molar-refractivity contribution in [3.63, 3.8) is 0 Å². The Hall–Kier alpha value is -0.890. The summed E-state index contributed by atoms with van der Waals surface area (Å²) in [4.78, 5) is 0. The molecule has 0 bridgehead atoms. The van der Waals surface area contributed by atoms with E-state index in [-0.39, 0.29) is 0 Å². The van der Waals surface area contributed by atoms with E-state index in [0.717, 1.165) is 11.1 Å². The lowest BCUT2D eigenvalue weighted by atomic mass is 10.1. The minimum absolute atomic E-state index is 0.421. The fraction of sp³-hybridized carbons (Fsp3) is 0.333. The van der Waals surface area contributed by atoms with E-state index in [1.54, 1.807) is 0 Å². The van der Waals surface area contributed by atoms with E-state index in [1.165, 1.54) is 0 Å². The summed E-state index contributed by atoms with van der Waals surface area (Å²) in [5.41, 5.74) is 9.31. The van der Waals surface area contributed by atoms with Gasteiger partial charge in [0.1, 0.15) is 6.17 Å². The van der Waals surface area contributed by atoms with Crippen molar-refractivity contribution in [2.24, 2.45) is 0 Å². The highest BCUT2D eigenvalue weighted by atomic mass is 19.1. The van der Waals surface area contributed by atoms with Crippen molar-refractivity contribution in [1.29, 1.82) is 0 Å². The number of benzene rings is 1. The highest BCUT2D eigenvalue weighted by molar-refractivity contribution is 5.35. The van der Waals surface area contributed by atoms with E-state index < -0.39 is 12.2 Å². The monoisotopic (exact) mass is 150 g/mol. The predicted octanol–water partition coefficient (Wildman–Crippen LogP) is 1.90. The van der Waals surface area contributed by atoms with Gasteiger partial charge in [-0.3, -0.25) is 0 Å². The molecule has 1 aromatic carbocycles. The van der Waals surface area contributed by atoms with Crippen LogP contribution in [0.1, 0.15) is 17.2 Å². The molecular formula is C9H9FN. The fourth-order valence-electron chi connectivity index (χ4n) is 1.55. The van der Waals surface area contributed by atoms with E-state index >= 15 is 0 Å². The SMILES string of the molecule is [NH]C1c2ccccc2CC1F. The van der Waals surface area contributed by atoms with E-state index in [9.17, 15) is 4.39 Å². The quantitative estimate of drug-likeness (QED) is 0.539. The summed E-state index contributed by atoms with van der Waals surface area (Å²) in [5.74, 6) is 0. The van der Waals surface area contributed by atoms with E-state index in [0.29, 0.717) is 6.42 Å². The van der Waals surface area contributed by atoms with Crippen LogP contribution < -0.4 is 5.73 Å². The summed E-state index contributed by atoms with van der Waals surface area (Å²) in [5, 5.41) is 0. The van der Waals surface area contributed by atoms with Crippen molar-refractivity contribution in [2.75, 3.05) is 0 Å². The molecule has 0 aliphatic heterocycles. The van der Waals surface area contributed by atoms with Gasteiger partial charge in [0, 0.05) is 6.42 Å². The average Bonchev–Trinajstić information content (AvgIpc) is 2.30. The smallest absolute Gasteiger partial charge is 0.125 e. The van der Waals surface area contributed by atoms with Crippen LogP contribution in [-0.2, 0) is 6.42 Å². The molecule has 2 atom stereocenters. The maximum absolute atomic E-state index is 12.9. The Morgan fingerprint density at radius 2 is 2.09 bits per heavy atom. The number of halogens is 1. The molecule has 1 N–H and O–H groups in total. The zero-order valence-corrected chi connectivity index (χ0v) is 6.05. The molecular weight excluding hydrogens is 141 g/mol. The Labute approximate surface area is 65.0 Å². The number of rotatable bonds is 0. The van der Waals surface area contributed by atoms with Crippen LogP contribution in [-0.4, -0.2) is 6.17 Å². The minimum atomic E-state index is -0.993. The number of hydrogen-bond donors (Lipinski definition) is 0. The summed E-state index contributed by atoms with van der Waals surface area (Å²) in [6, 6.07) is 6.84. The molecule has 2 heteroatoms. The van der Waals surface area contributed by atoms with Crippen molar-refractivity contribution in [3.05, 3.63) is 35.4 Å². The normalized spacial score (nSPS) is 28.5. The van der Waals surface area contributed by atoms with Gasteiger partial charge in [0.25, 0.3) is 0 Å². The Morgan fingerprint density at radius 1 is 1.36 bits per heavy atom. The molecule has 0 fully saturated rings. The lowest BCUT2D eigenvalue weighted by molar-refractivity contribution is 0.299. The number of hydrogen-bond acceptors (Lipinski definition) is 0. The molecule has 1 radical (unpaired) electrons. The highest BCUT2D eigenvalue weighted by Gasteiger charge is 2.29. The van der Waals surface area contributed by atoms with Gasteiger partial charge >= 0.3 is 0 Å². The summed E-state index contributed by atoms with van der Waals surface area (Å²) in [6.07, 6.45) is -0.572. The van der Waals surface area contributed by atoms with Gasteiger partial charge in [-0.1, -0.05) is 24.3 Å². The second-order valence-electron chi connectivity index (χ2n) is 2.90. The number of alkyl halides is 1. The van der Waals surface area contributed by atoms with Gasteiger partial charge in [0.15, 0.2) is 0 Å². The van der Waals surface area contributed by atoms with Gasteiger partial charge in [-0.05, 0) is 11.1 Å². The molecule has 1 aromatic rings. The van der Waals surface area contributed by atoms with Crippen LogP contribution in [0, 0.1) is 0 Å². The molecule has 1 aliphatic rings. The second kappa shape index (κ2) is 2.31. The molecule has 0 spiro atoms. The number of nitrogens with one attached hydrogen (secondary N) is 1. The minimum Gasteiger partial charge on any atom is -0.247 e. The molecule has 0 amide bonds. The van der Waals surface area contributed by atoms with Gasteiger partial charge in [-0.25, -0.2) is 10.1 Å². The van der Waals surface area contributed by atoms with Gasteiger partial charge in [-0.2, -0.15) is 0 Å². The fourth-order valence-corrected chi connectivity index (χ4v) is 1.55. The third-order valence-corrected chi connectivity index (χ3v) is 2.17. The maximum atomic E-state index is 12.9. The number of fused-ring (bicyclic) bond motifs is 1. The van der Waals surface area contributed by atoms with Crippen LogP contribution in [0.2, 0.25) is 0 Å². The van der Waals surface area contributed by atoms with Crippen molar-refractivity contribution < 1.29 is 4.39 Å². The molecule has 57 valence electrons. The van der Waals surface area contributed by atoms with Crippen molar-refractivity contribution in [3.8, 4) is 0 Å². The van der Waals surface area contributed by atoms with E-state index in [4.69, 9.17) is 5.73 Å². The van der Waals surface area contributed by atoms with Crippen molar-refractivity contribution in [1.82, 2.24) is 5.73 Å². The Morgan fingerprint density at radius 3 is 2.82 bits per heavy atom. The first-order valence-electron chi connectivity index (χ1n) is 3.72. The van der Waals surface area contributed by atoms with Crippen LogP contribution in [0.4, 0.5) is 4.39 Å². The first-order valence-corrected chi connectivity index (χ1v) is 3.72. The average molecular weight is 150 g/mol. The van der Waals surface area contributed by atoms with Gasteiger partial charge in [-0.15, -0.1) is 0 Å². The first-order chi connectivity index (χ1) is 5.29. The summed E-state index contributed by atoms with van der Waals surface area (Å²) < 4.78 is 12.9. The zero-order valence-electron chi connectivity index (χ0n) is 6.05. The van der Waals surface area contributed by atoms with Crippen LogP contribution >= 0.6 is 0 Å². The van der Waals surface area contributed by atoms with Crippen LogP contribution in [0.15, 0.2) is 24.3 Å². The third-order valence-electron chi connectivity index (χ3n) is 2.17. The predicted molar refractivity (Wildman–Crippen MR) is 40.9 cm³/mol. The molecule has 2 unspecified atom stereocenters. The van der Waals surface area contributed by atoms with E-state index in [1.807, 2.05) is 24.3 Å². The molecule has 11 heavy (non-hydrogen) atoms. The zero-order chi connectivity index (χ0) is 7.84. The Bertz CT molecular complexity index is 272. The molecule has 0 saturated heterocycles. The molecule has 2 rings (SSSR count). The standard InChI is InChI=1S/C9H9FN/c10-8-5-6-3-1-2-4-7(6)9(8)11/h1-4,8-9,11H,5H2. The Kier molecular flexibility index (Phi) is 1.43. The molecule has 0 aromatic heterocycles. The maximum Gasteiger partial charge on any atom is 0.125 e. The summed E-state index contributed by atoms with van der Waals surface area (Å²) in [7, 11) is 0. The summed E-state index contributed by atoms with van der Waals surface area (Å²) >= 11 is 0. The van der Waals surface area contributed by atoms with Gasteiger partial charge in [0.05, 0.1) is 6.04 Å². The highest BCUT2D eigenvalue weighted by Crippen LogP contribution is 2.32. The lowest BCUT2D eigenvalue weighted by Gasteiger charge is -2.04. The second-order valence-corrected chi connectivity index (χ2v) is 2.90. The van der Waals surface area contributed by atoms with Crippen molar-refractivity contribution >= 4 is 0 Å². The van der Waals surface area contributed by atoms with Gasteiger partial charge in [0.2, 0.25) is 0 Å². The molecule has 1 aliphatic carbocycles. The largest absolute Gasteiger partial charge is 0.247 e. The molecule has 0 saturated carbocycles. The van der Waals surface area contributed by atoms with Crippen LogP contribution in [0.25, 0.3) is 0 Å². The summed E-state index contributed by atoms with van der Waals surface area (Å²) in [6.45, 7) is 0. The Balaban J connectivity index is 2.47.